The molecule has 0 radical (unpaired) electrons. The van der Waals surface area contributed by atoms with Crippen LogP contribution in [0.15, 0.2) is 24.3 Å². The third kappa shape index (κ3) is 4.08. The summed E-state index contributed by atoms with van der Waals surface area (Å²) in [5, 5.41) is 3.28. The van der Waals surface area contributed by atoms with Gasteiger partial charge in [-0.2, -0.15) is 0 Å². The molecule has 2 heteroatoms. The van der Waals surface area contributed by atoms with Crippen LogP contribution in [-0.4, -0.2) is 16.1 Å². The molecule has 0 N–H and O–H groups in total. The highest BCUT2D eigenvalue weighted by molar-refractivity contribution is 6.92. The molecule has 0 aliphatic carbocycles. The molecule has 0 spiro atoms. The van der Waals surface area contributed by atoms with E-state index in [-0.39, 0.29) is 0 Å². The molecule has 0 aliphatic rings. The van der Waals surface area contributed by atoms with Gasteiger partial charge in [0.1, 0.15) is 0 Å². The molecular formula is C18H34Si2. The van der Waals surface area contributed by atoms with Crippen molar-refractivity contribution in [3.8, 4) is 0 Å². The van der Waals surface area contributed by atoms with E-state index in [4.69, 9.17) is 0 Å². The number of unbranched alkanes of at least 4 members (excludes halogenated alkanes) is 1. The highest BCUT2D eigenvalue weighted by Gasteiger charge is 2.30. The van der Waals surface area contributed by atoms with Crippen LogP contribution in [0, 0.1) is 0 Å². The van der Waals surface area contributed by atoms with Crippen molar-refractivity contribution in [3.63, 3.8) is 0 Å². The highest BCUT2D eigenvalue weighted by atomic mass is 28.3. The molecule has 0 saturated carbocycles. The van der Waals surface area contributed by atoms with Crippen molar-refractivity contribution >= 4 is 26.5 Å². The minimum Gasteiger partial charge on any atom is -0.0654 e. The first-order valence-electron chi connectivity index (χ1n) is 8.36. The average molecular weight is 307 g/mol. The second-order valence-electron chi connectivity index (χ2n) is 7.60. The molecule has 0 amide bonds. The van der Waals surface area contributed by atoms with Crippen LogP contribution in [0.25, 0.3) is 0 Å². The highest BCUT2D eigenvalue weighted by Crippen LogP contribution is 2.24. The quantitative estimate of drug-likeness (QED) is 0.614. The van der Waals surface area contributed by atoms with Crippen LogP contribution in [0.2, 0.25) is 37.8 Å². The molecule has 1 unspecified atom stereocenters. The van der Waals surface area contributed by atoms with Gasteiger partial charge in [-0.15, -0.1) is 0 Å². The Hall–Kier alpha value is -0.346. The van der Waals surface area contributed by atoms with E-state index < -0.39 is 16.1 Å². The Balaban J connectivity index is 2.94. The van der Waals surface area contributed by atoms with E-state index in [1.54, 1.807) is 10.4 Å². The van der Waals surface area contributed by atoms with Gasteiger partial charge < -0.3 is 0 Å². The molecule has 0 bridgehead atoms. The topological polar surface area (TPSA) is 0 Å². The normalized spacial score (nSPS) is 14.3. The maximum Gasteiger partial charge on any atom is 0.0834 e. The predicted molar refractivity (Wildman–Crippen MR) is 100 cm³/mol. The van der Waals surface area contributed by atoms with E-state index in [9.17, 15) is 0 Å². The third-order valence-corrected chi connectivity index (χ3v) is 13.6. The Bertz CT molecular complexity index is 404. The summed E-state index contributed by atoms with van der Waals surface area (Å²) < 4.78 is 0. The lowest BCUT2D eigenvalue weighted by molar-refractivity contribution is 0.848. The van der Waals surface area contributed by atoms with Gasteiger partial charge >= 0.3 is 0 Å². The first kappa shape index (κ1) is 17.7. The van der Waals surface area contributed by atoms with Crippen molar-refractivity contribution in [1.29, 1.82) is 0 Å². The van der Waals surface area contributed by atoms with E-state index in [2.05, 4.69) is 71.2 Å². The first-order chi connectivity index (χ1) is 9.25. The standard InChI is InChI=1S/C18H34Si2/c1-8-10-15-19(4,5)17-11-13-18(14-12-17)20(6,7)16(3)9-2/h11-14,16H,8-10,15H2,1-7H3. The van der Waals surface area contributed by atoms with Crippen molar-refractivity contribution in [3.05, 3.63) is 24.3 Å². The fraction of sp³-hybridized carbons (Fsp3) is 0.667. The van der Waals surface area contributed by atoms with Crippen molar-refractivity contribution in [1.82, 2.24) is 0 Å². The molecule has 0 fully saturated rings. The van der Waals surface area contributed by atoms with Gasteiger partial charge in [0.15, 0.2) is 0 Å². The molecule has 0 aromatic heterocycles. The van der Waals surface area contributed by atoms with Crippen LogP contribution in [0.3, 0.4) is 0 Å². The van der Waals surface area contributed by atoms with Crippen LogP contribution in [0.4, 0.5) is 0 Å². The molecule has 1 rings (SSSR count). The Morgan fingerprint density at radius 3 is 1.85 bits per heavy atom. The van der Waals surface area contributed by atoms with Crippen molar-refractivity contribution in [2.24, 2.45) is 0 Å². The summed E-state index contributed by atoms with van der Waals surface area (Å²) in [4.78, 5) is 0. The van der Waals surface area contributed by atoms with Crippen molar-refractivity contribution < 1.29 is 0 Å². The minimum atomic E-state index is -1.27. The van der Waals surface area contributed by atoms with Crippen LogP contribution < -0.4 is 10.4 Å². The van der Waals surface area contributed by atoms with E-state index in [1.807, 2.05) is 0 Å². The molecule has 1 atom stereocenters. The molecule has 0 heterocycles. The summed E-state index contributed by atoms with van der Waals surface area (Å²) >= 11 is 0. The monoisotopic (exact) mass is 306 g/mol. The van der Waals surface area contributed by atoms with Gasteiger partial charge in [-0.3, -0.25) is 0 Å². The maximum absolute atomic E-state index is 2.52. The Kier molecular flexibility index (Phi) is 6.27. The summed E-state index contributed by atoms with van der Waals surface area (Å²) in [5.41, 5.74) is 0.860. The smallest absolute Gasteiger partial charge is 0.0654 e. The van der Waals surface area contributed by atoms with Crippen LogP contribution in [-0.2, 0) is 0 Å². The van der Waals surface area contributed by atoms with Crippen LogP contribution in [0.5, 0.6) is 0 Å². The van der Waals surface area contributed by atoms with Crippen LogP contribution >= 0.6 is 0 Å². The zero-order chi connectivity index (χ0) is 15.4. The zero-order valence-electron chi connectivity index (χ0n) is 14.7. The molecule has 0 saturated heterocycles. The Morgan fingerprint density at radius 1 is 0.900 bits per heavy atom. The lowest BCUT2D eigenvalue weighted by Crippen LogP contribution is -2.47. The van der Waals surface area contributed by atoms with Gasteiger partial charge in [0, 0.05) is 0 Å². The fourth-order valence-corrected chi connectivity index (χ4v) is 8.12. The number of benzene rings is 1. The Morgan fingerprint density at radius 2 is 1.40 bits per heavy atom. The first-order valence-corrected chi connectivity index (χ1v) is 14.6. The van der Waals surface area contributed by atoms with E-state index >= 15 is 0 Å². The van der Waals surface area contributed by atoms with Gasteiger partial charge in [-0.1, -0.05) is 107 Å². The lowest BCUT2D eigenvalue weighted by Gasteiger charge is -2.30. The number of hydrogen-bond acceptors (Lipinski definition) is 0. The second kappa shape index (κ2) is 7.08. The molecule has 20 heavy (non-hydrogen) atoms. The average Bonchev–Trinajstić information content (AvgIpc) is 2.44. The summed E-state index contributed by atoms with van der Waals surface area (Å²) in [6.45, 7) is 17.2. The molecule has 0 nitrogen and oxygen atoms in total. The van der Waals surface area contributed by atoms with Crippen molar-refractivity contribution in [2.45, 2.75) is 77.8 Å². The number of hydrogen-bond donors (Lipinski definition) is 0. The van der Waals surface area contributed by atoms with Gasteiger partial charge in [0.25, 0.3) is 0 Å². The predicted octanol–water partition coefficient (Wildman–Crippen LogP) is 5.12. The van der Waals surface area contributed by atoms with E-state index in [0.717, 1.165) is 5.54 Å². The van der Waals surface area contributed by atoms with E-state index in [1.165, 1.54) is 25.3 Å². The van der Waals surface area contributed by atoms with Gasteiger partial charge in [-0.25, -0.2) is 0 Å². The molecule has 0 aliphatic heterocycles. The molecule has 1 aromatic carbocycles. The SMILES string of the molecule is CCCC[Si](C)(C)c1ccc([Si](C)(C)C(C)CC)cc1. The molecule has 1 aromatic rings. The summed E-state index contributed by atoms with van der Waals surface area (Å²) in [7, 11) is -2.48. The third-order valence-electron chi connectivity index (χ3n) is 5.41. The zero-order valence-corrected chi connectivity index (χ0v) is 16.7. The molecule has 114 valence electrons. The Labute approximate surface area is 129 Å². The van der Waals surface area contributed by atoms with Gasteiger partial charge in [0.05, 0.1) is 16.1 Å². The summed E-state index contributed by atoms with van der Waals surface area (Å²) in [5.74, 6) is 0. The number of rotatable bonds is 7. The fourth-order valence-electron chi connectivity index (χ4n) is 2.91. The summed E-state index contributed by atoms with van der Waals surface area (Å²) in [6.07, 6.45) is 4.01. The largest absolute Gasteiger partial charge is 0.0834 e. The van der Waals surface area contributed by atoms with Gasteiger partial charge in [0.2, 0.25) is 0 Å². The van der Waals surface area contributed by atoms with Gasteiger partial charge in [-0.05, 0) is 5.54 Å². The lowest BCUT2D eigenvalue weighted by atomic mass is 10.3. The summed E-state index contributed by atoms with van der Waals surface area (Å²) in [6, 6.07) is 11.2. The molecular weight excluding hydrogens is 272 g/mol. The van der Waals surface area contributed by atoms with Crippen molar-refractivity contribution in [2.75, 3.05) is 0 Å². The second-order valence-corrected chi connectivity index (χ2v) is 17.4. The minimum absolute atomic E-state index is 0.860. The van der Waals surface area contributed by atoms with Crippen LogP contribution in [0.1, 0.15) is 40.0 Å². The maximum atomic E-state index is 2.52. The van der Waals surface area contributed by atoms with E-state index in [0.29, 0.717) is 0 Å².